The zero-order valence-corrected chi connectivity index (χ0v) is 20.4. The first kappa shape index (κ1) is 23.4. The maximum atomic E-state index is 12.6. The fraction of sp³-hybridized carbons (Fsp3) is 0.455. The van der Waals surface area contributed by atoms with E-state index < -0.39 is 9.84 Å². The second kappa shape index (κ2) is 9.60. The van der Waals surface area contributed by atoms with Crippen molar-refractivity contribution in [3.63, 3.8) is 0 Å². The summed E-state index contributed by atoms with van der Waals surface area (Å²) < 4.78 is 34.0. The molecule has 33 heavy (non-hydrogen) atoms. The minimum Gasteiger partial charge on any atom is -0.487 e. The topological polar surface area (TPSA) is 115 Å². The number of amides is 1. The molecule has 1 saturated heterocycles. The van der Waals surface area contributed by atoms with Gasteiger partial charge in [-0.3, -0.25) is 4.79 Å². The van der Waals surface area contributed by atoms with E-state index in [4.69, 9.17) is 14.2 Å². The second-order valence-electron chi connectivity index (χ2n) is 8.39. The predicted octanol–water partition coefficient (Wildman–Crippen LogP) is 3.65. The zero-order chi connectivity index (χ0) is 23.6. The molecule has 0 N–H and O–H groups in total. The van der Waals surface area contributed by atoms with Crippen LogP contribution in [0.3, 0.4) is 0 Å². The van der Waals surface area contributed by atoms with Crippen LogP contribution in [0.5, 0.6) is 5.75 Å². The molecule has 0 spiro atoms. The van der Waals surface area contributed by atoms with E-state index in [2.05, 4.69) is 10.1 Å². The third-order valence-corrected chi connectivity index (χ3v) is 7.67. The van der Waals surface area contributed by atoms with E-state index in [9.17, 15) is 13.2 Å². The number of hydrogen-bond donors (Lipinski definition) is 0. The summed E-state index contributed by atoms with van der Waals surface area (Å²) in [4.78, 5) is 23.6. The molecule has 0 saturated carbocycles. The number of carbonyl (C=O) groups is 1. The molecule has 0 unspecified atom stereocenters. The Kier molecular flexibility index (Phi) is 6.80. The Balaban J connectivity index is 1.29. The summed E-state index contributed by atoms with van der Waals surface area (Å²) in [6.07, 6.45) is 2.81. The molecule has 0 radical (unpaired) electrons. The number of piperidine rings is 1. The maximum absolute atomic E-state index is 12.6. The Labute approximate surface area is 196 Å². The van der Waals surface area contributed by atoms with Gasteiger partial charge in [-0.1, -0.05) is 19.0 Å². The minimum absolute atomic E-state index is 0.0513. The number of ether oxygens (including phenoxy) is 1. The average Bonchev–Trinajstić information content (AvgIpc) is 3.47. The molecule has 3 heterocycles. The molecule has 4 rings (SSSR count). The molecule has 1 fully saturated rings. The van der Waals surface area contributed by atoms with Crippen molar-refractivity contribution in [1.82, 2.24) is 20.0 Å². The summed E-state index contributed by atoms with van der Waals surface area (Å²) in [6.45, 7) is 5.43. The van der Waals surface area contributed by atoms with Crippen LogP contribution in [0.25, 0.3) is 0 Å². The van der Waals surface area contributed by atoms with Crippen LogP contribution < -0.4 is 4.74 Å². The molecule has 2 aromatic heterocycles. The summed E-state index contributed by atoms with van der Waals surface area (Å²) in [5, 5.41) is 6.88. The van der Waals surface area contributed by atoms with Crippen LogP contribution in [-0.2, 0) is 16.4 Å². The van der Waals surface area contributed by atoms with Gasteiger partial charge in [-0.2, -0.15) is 4.98 Å². The van der Waals surface area contributed by atoms with Crippen LogP contribution in [0.1, 0.15) is 65.7 Å². The van der Waals surface area contributed by atoms with Gasteiger partial charge in [-0.05, 0) is 37.1 Å². The Bertz CT molecular complexity index is 1210. The molecule has 1 aliphatic rings. The second-order valence-corrected chi connectivity index (χ2v) is 11.3. The standard InChI is InChI=1S/C22H26N4O5S2/c1-14(2)19-24-20(31-25-19)22(27)26-10-8-15(9-11-26)21-23-16(13-32-21)12-30-17-4-6-18(7-5-17)33(3,28)29/h4-7,13-15H,8-12H2,1-3H3. The van der Waals surface area contributed by atoms with Crippen molar-refractivity contribution in [2.75, 3.05) is 19.3 Å². The van der Waals surface area contributed by atoms with Gasteiger partial charge in [0.15, 0.2) is 15.7 Å². The molecule has 0 bridgehead atoms. The zero-order valence-electron chi connectivity index (χ0n) is 18.7. The SMILES string of the molecule is CC(C)c1noc(C(=O)N2CCC(c3nc(COc4ccc(S(C)(=O)=O)cc4)cs3)CC2)n1. The lowest BCUT2D eigenvalue weighted by Crippen LogP contribution is -2.38. The van der Waals surface area contributed by atoms with Gasteiger partial charge in [0.1, 0.15) is 12.4 Å². The Morgan fingerprint density at radius 2 is 1.91 bits per heavy atom. The molecule has 1 aromatic carbocycles. The number of aromatic nitrogens is 3. The normalized spacial score (nSPS) is 15.2. The van der Waals surface area contributed by atoms with E-state index in [0.717, 1.165) is 23.5 Å². The lowest BCUT2D eigenvalue weighted by molar-refractivity contribution is 0.0662. The van der Waals surface area contributed by atoms with Crippen LogP contribution in [0.4, 0.5) is 0 Å². The van der Waals surface area contributed by atoms with E-state index in [-0.39, 0.29) is 28.5 Å². The molecular weight excluding hydrogens is 464 g/mol. The van der Waals surface area contributed by atoms with Crippen molar-refractivity contribution in [2.45, 2.75) is 50.0 Å². The number of thiazole rings is 1. The lowest BCUT2D eigenvalue weighted by atomic mass is 9.97. The molecule has 1 amide bonds. The molecule has 0 aliphatic carbocycles. The van der Waals surface area contributed by atoms with Gasteiger partial charge in [0.25, 0.3) is 0 Å². The highest BCUT2D eigenvalue weighted by Crippen LogP contribution is 2.31. The highest BCUT2D eigenvalue weighted by Gasteiger charge is 2.29. The smallest absolute Gasteiger partial charge is 0.316 e. The Morgan fingerprint density at radius 3 is 2.52 bits per heavy atom. The quantitative estimate of drug-likeness (QED) is 0.493. The number of sulfone groups is 1. The Hall–Kier alpha value is -2.79. The summed E-state index contributed by atoms with van der Waals surface area (Å²) in [5.41, 5.74) is 0.827. The summed E-state index contributed by atoms with van der Waals surface area (Å²) >= 11 is 1.59. The van der Waals surface area contributed by atoms with Gasteiger partial charge >= 0.3 is 11.8 Å². The van der Waals surface area contributed by atoms with E-state index in [0.29, 0.717) is 31.3 Å². The Morgan fingerprint density at radius 1 is 1.21 bits per heavy atom. The number of hydrogen-bond acceptors (Lipinski definition) is 9. The summed E-state index contributed by atoms with van der Waals surface area (Å²) in [7, 11) is -3.23. The average molecular weight is 491 g/mol. The van der Waals surface area contributed by atoms with Crippen molar-refractivity contribution in [3.8, 4) is 5.75 Å². The molecule has 3 aromatic rings. The number of nitrogens with zero attached hydrogens (tertiary/aromatic N) is 4. The van der Waals surface area contributed by atoms with Crippen LogP contribution in [0.2, 0.25) is 0 Å². The first-order valence-corrected chi connectivity index (χ1v) is 13.5. The van der Waals surface area contributed by atoms with Gasteiger partial charge in [0.2, 0.25) is 0 Å². The maximum Gasteiger partial charge on any atom is 0.316 e. The third-order valence-electron chi connectivity index (χ3n) is 5.48. The van der Waals surface area contributed by atoms with Crippen molar-refractivity contribution >= 4 is 27.1 Å². The van der Waals surface area contributed by atoms with Gasteiger partial charge in [-0.15, -0.1) is 11.3 Å². The van der Waals surface area contributed by atoms with Crippen LogP contribution in [0, 0.1) is 0 Å². The van der Waals surface area contributed by atoms with Gasteiger partial charge < -0.3 is 14.2 Å². The first-order valence-electron chi connectivity index (χ1n) is 10.7. The van der Waals surface area contributed by atoms with Gasteiger partial charge in [-0.25, -0.2) is 13.4 Å². The van der Waals surface area contributed by atoms with Crippen molar-refractivity contribution in [3.05, 3.63) is 52.1 Å². The van der Waals surface area contributed by atoms with E-state index in [1.165, 1.54) is 18.4 Å². The van der Waals surface area contributed by atoms with Crippen molar-refractivity contribution in [2.24, 2.45) is 0 Å². The minimum atomic E-state index is -3.23. The van der Waals surface area contributed by atoms with E-state index >= 15 is 0 Å². The van der Waals surface area contributed by atoms with Gasteiger partial charge in [0.05, 0.1) is 15.6 Å². The van der Waals surface area contributed by atoms with Crippen LogP contribution in [0.15, 0.2) is 39.1 Å². The van der Waals surface area contributed by atoms with Crippen molar-refractivity contribution in [1.29, 1.82) is 0 Å². The molecule has 11 heteroatoms. The van der Waals surface area contributed by atoms with E-state index in [1.54, 1.807) is 28.4 Å². The molecule has 9 nitrogen and oxygen atoms in total. The van der Waals surface area contributed by atoms with Gasteiger partial charge in [0, 0.05) is 36.6 Å². The summed E-state index contributed by atoms with van der Waals surface area (Å²) in [5.74, 6) is 1.35. The number of likely N-dealkylation sites (tertiary alicyclic amines) is 1. The fourth-order valence-corrected chi connectivity index (χ4v) is 5.14. The number of rotatable bonds is 7. The molecular formula is C22H26N4O5S2. The highest BCUT2D eigenvalue weighted by molar-refractivity contribution is 7.90. The molecule has 0 atom stereocenters. The summed E-state index contributed by atoms with van der Waals surface area (Å²) in [6, 6.07) is 6.35. The first-order chi connectivity index (χ1) is 15.7. The predicted molar refractivity (Wildman–Crippen MR) is 122 cm³/mol. The number of benzene rings is 1. The lowest BCUT2D eigenvalue weighted by Gasteiger charge is -2.30. The van der Waals surface area contributed by atoms with Crippen LogP contribution in [-0.4, -0.2) is 53.7 Å². The van der Waals surface area contributed by atoms with Crippen LogP contribution >= 0.6 is 11.3 Å². The number of carbonyl (C=O) groups excluding carboxylic acids is 1. The van der Waals surface area contributed by atoms with Crippen molar-refractivity contribution < 1.29 is 22.5 Å². The molecule has 1 aliphatic heterocycles. The fourth-order valence-electron chi connectivity index (χ4n) is 3.54. The highest BCUT2D eigenvalue weighted by atomic mass is 32.2. The molecule has 176 valence electrons. The largest absolute Gasteiger partial charge is 0.487 e. The van der Waals surface area contributed by atoms with E-state index in [1.807, 2.05) is 19.2 Å². The monoisotopic (exact) mass is 490 g/mol. The third kappa shape index (κ3) is 5.59.